The first-order valence-electron chi connectivity index (χ1n) is 6.81. The molecule has 0 radical (unpaired) electrons. The molecule has 0 unspecified atom stereocenters. The van der Waals surface area contributed by atoms with Gasteiger partial charge in [-0.15, -0.1) is 0 Å². The van der Waals surface area contributed by atoms with Crippen LogP contribution in [-0.4, -0.2) is 48.9 Å². The first kappa shape index (κ1) is 38.0. The predicted octanol–water partition coefficient (Wildman–Crippen LogP) is 4.10. The van der Waals surface area contributed by atoms with Crippen LogP contribution in [0.25, 0.3) is 0 Å². The molecular weight excluding hydrogens is 503 g/mol. The molecule has 0 bridgehead atoms. The number of aliphatic hydroxyl groups excluding tert-OH is 2. The maximum Gasteiger partial charge on any atom is 0 e. The second-order valence-electron chi connectivity index (χ2n) is 3.75. The van der Waals surface area contributed by atoms with Crippen LogP contribution in [0.15, 0.2) is 0 Å². The Labute approximate surface area is 167 Å². The SMILES string of the molecule is CC(C)O.CC(C)O.CCSCC.CC[Se]CC.[Mo].[Mo]. The molecular formula is C14H36Mo2O2SSe. The van der Waals surface area contributed by atoms with Crippen molar-refractivity contribution in [3.63, 3.8) is 0 Å². The van der Waals surface area contributed by atoms with E-state index in [9.17, 15) is 0 Å². The summed E-state index contributed by atoms with van der Waals surface area (Å²) in [7, 11) is 0. The molecule has 0 spiro atoms. The van der Waals surface area contributed by atoms with Crippen LogP contribution in [0.4, 0.5) is 0 Å². The topological polar surface area (TPSA) is 40.5 Å². The van der Waals surface area contributed by atoms with E-state index in [1.807, 2.05) is 11.8 Å². The van der Waals surface area contributed by atoms with Crippen LogP contribution in [0.3, 0.4) is 0 Å². The molecule has 0 aromatic heterocycles. The first-order valence-corrected chi connectivity index (χ1v) is 10.4. The van der Waals surface area contributed by atoms with Crippen LogP contribution in [0.1, 0.15) is 55.4 Å². The van der Waals surface area contributed by atoms with E-state index in [0.29, 0.717) is 0 Å². The van der Waals surface area contributed by atoms with Gasteiger partial charge in [0.05, 0.1) is 0 Å². The Bertz CT molecular complexity index is 89.7. The third-order valence-corrected chi connectivity index (χ3v) is 3.35. The van der Waals surface area contributed by atoms with Crippen molar-refractivity contribution in [1.29, 1.82) is 0 Å². The fourth-order valence-corrected chi connectivity index (χ4v) is 1.67. The molecule has 0 aliphatic rings. The van der Waals surface area contributed by atoms with Crippen LogP contribution in [0.5, 0.6) is 0 Å². The van der Waals surface area contributed by atoms with Crippen LogP contribution in [0, 0.1) is 0 Å². The fraction of sp³-hybridized carbons (Fsp3) is 1.00. The summed E-state index contributed by atoms with van der Waals surface area (Å²) in [5.74, 6) is 2.52. The van der Waals surface area contributed by atoms with Gasteiger partial charge in [0.25, 0.3) is 0 Å². The van der Waals surface area contributed by atoms with Crippen molar-refractivity contribution in [1.82, 2.24) is 0 Å². The van der Waals surface area contributed by atoms with Gasteiger partial charge in [-0.2, -0.15) is 11.8 Å². The van der Waals surface area contributed by atoms with Gasteiger partial charge in [-0.1, -0.05) is 13.8 Å². The molecule has 0 aromatic rings. The Hall–Kier alpha value is 2.17. The van der Waals surface area contributed by atoms with E-state index in [1.165, 1.54) is 22.1 Å². The third-order valence-electron chi connectivity index (χ3n) is 0.816. The van der Waals surface area contributed by atoms with Gasteiger partial charge in [0.1, 0.15) is 0 Å². The molecule has 0 aliphatic heterocycles. The monoisotopic (exact) mass is 544 g/mol. The number of aliphatic hydroxyl groups is 2. The van der Waals surface area contributed by atoms with Crippen molar-refractivity contribution in [2.45, 2.75) is 78.2 Å². The average molecular weight is 539 g/mol. The first-order chi connectivity index (χ1) is 8.29. The molecule has 0 aromatic carbocycles. The van der Waals surface area contributed by atoms with Gasteiger partial charge in [0, 0.05) is 54.3 Å². The maximum absolute atomic E-state index is 8.06. The Balaban J connectivity index is -0.0000000318. The van der Waals surface area contributed by atoms with Gasteiger partial charge in [-0.25, -0.2) is 0 Å². The van der Waals surface area contributed by atoms with E-state index in [2.05, 4.69) is 27.7 Å². The van der Waals surface area contributed by atoms with Gasteiger partial charge in [-0.3, -0.25) is 0 Å². The molecule has 0 saturated carbocycles. The minimum absolute atomic E-state index is 0. The Morgan fingerprint density at radius 1 is 0.750 bits per heavy atom. The number of rotatable bonds is 4. The summed E-state index contributed by atoms with van der Waals surface area (Å²) in [6.45, 7) is 15.7. The van der Waals surface area contributed by atoms with Crippen LogP contribution < -0.4 is 0 Å². The standard InChI is InChI=1S/C4H10S.C4H10Se.2C3H8O.2Mo/c2*1-3-5-4-2;2*1-3(2)4;;/h2*3-4H2,1-2H3;2*3-4H,1-2H3;;. The summed E-state index contributed by atoms with van der Waals surface area (Å²) in [6, 6.07) is 0. The smallest absolute Gasteiger partial charge is 0 e. The minimum atomic E-state index is -0.167. The second-order valence-corrected chi connectivity index (χ2v) is 8.59. The van der Waals surface area contributed by atoms with Crippen molar-refractivity contribution in [3.8, 4) is 0 Å². The van der Waals surface area contributed by atoms with Crippen LogP contribution >= 0.6 is 11.8 Å². The van der Waals surface area contributed by atoms with Crippen molar-refractivity contribution in [3.05, 3.63) is 0 Å². The van der Waals surface area contributed by atoms with Crippen molar-refractivity contribution >= 4 is 26.7 Å². The van der Waals surface area contributed by atoms with E-state index in [4.69, 9.17) is 10.2 Å². The summed E-state index contributed by atoms with van der Waals surface area (Å²) >= 11 is 2.92. The molecule has 128 valence electrons. The molecule has 0 amide bonds. The molecule has 6 heteroatoms. The summed E-state index contributed by atoms with van der Waals surface area (Å²) in [6.07, 6.45) is -0.333. The fourth-order valence-electron chi connectivity index (χ4n) is 0.408. The Kier molecular flexibility index (Phi) is 81.5. The molecule has 0 rings (SSSR count). The second kappa shape index (κ2) is 42.9. The number of hydrogen-bond donors (Lipinski definition) is 2. The predicted molar refractivity (Wildman–Crippen MR) is 90.1 cm³/mol. The van der Waals surface area contributed by atoms with E-state index in [1.54, 1.807) is 27.7 Å². The van der Waals surface area contributed by atoms with E-state index in [0.717, 1.165) is 15.0 Å². The Morgan fingerprint density at radius 2 is 0.950 bits per heavy atom. The van der Waals surface area contributed by atoms with E-state index in [-0.39, 0.29) is 54.3 Å². The van der Waals surface area contributed by atoms with E-state index >= 15 is 0 Å². The van der Waals surface area contributed by atoms with Gasteiger partial charge in [0.2, 0.25) is 0 Å². The third kappa shape index (κ3) is 195. The zero-order valence-electron chi connectivity index (χ0n) is 14.5. The minimum Gasteiger partial charge on any atom is 0 e. The van der Waals surface area contributed by atoms with Crippen molar-refractivity contribution < 1.29 is 52.3 Å². The molecule has 2 N–H and O–H groups in total. The molecule has 0 heterocycles. The summed E-state index contributed by atoms with van der Waals surface area (Å²) in [5, 5.41) is 18.9. The van der Waals surface area contributed by atoms with Crippen molar-refractivity contribution in [2.75, 3.05) is 11.5 Å². The normalized spacial score (nSPS) is 7.80. The molecule has 0 atom stereocenters. The average Bonchev–Trinajstić information content (AvgIpc) is 2.19. The zero-order valence-corrected chi connectivity index (χ0v) is 21.1. The zero-order chi connectivity index (χ0) is 15.4. The Morgan fingerprint density at radius 3 is 0.950 bits per heavy atom. The molecule has 0 aliphatic carbocycles. The van der Waals surface area contributed by atoms with Gasteiger partial charge in [0.15, 0.2) is 0 Å². The van der Waals surface area contributed by atoms with Gasteiger partial charge < -0.3 is 10.2 Å². The summed E-state index contributed by atoms with van der Waals surface area (Å²) in [4.78, 5) is 0. The molecule has 2 nitrogen and oxygen atoms in total. The largest absolute Gasteiger partial charge is 0 e. The van der Waals surface area contributed by atoms with Gasteiger partial charge in [-0.05, 0) is 39.2 Å². The molecule has 20 heavy (non-hydrogen) atoms. The number of hydrogen-bond acceptors (Lipinski definition) is 3. The van der Waals surface area contributed by atoms with Gasteiger partial charge >= 0.3 is 39.4 Å². The molecule has 0 saturated heterocycles. The van der Waals surface area contributed by atoms with Crippen LogP contribution in [-0.2, 0) is 42.1 Å². The summed E-state index contributed by atoms with van der Waals surface area (Å²) < 4.78 is 0. The van der Waals surface area contributed by atoms with Crippen molar-refractivity contribution in [2.24, 2.45) is 0 Å². The quantitative estimate of drug-likeness (QED) is 0.529. The van der Waals surface area contributed by atoms with E-state index < -0.39 is 0 Å². The number of thioether (sulfide) groups is 1. The maximum atomic E-state index is 8.06. The molecule has 0 fully saturated rings. The van der Waals surface area contributed by atoms with Crippen LogP contribution in [0.2, 0.25) is 10.6 Å². The summed E-state index contributed by atoms with van der Waals surface area (Å²) in [5.41, 5.74) is 0.